The first kappa shape index (κ1) is 14.7. The van der Waals surface area contributed by atoms with Crippen LogP contribution in [-0.2, 0) is 0 Å². The van der Waals surface area contributed by atoms with Gasteiger partial charge in [-0.05, 0) is 37.1 Å². The Bertz CT molecular complexity index is 536. The highest BCUT2D eigenvalue weighted by atomic mass is 32.1. The summed E-state index contributed by atoms with van der Waals surface area (Å²) in [4.78, 5) is 13.1. The van der Waals surface area contributed by atoms with Gasteiger partial charge in [0, 0.05) is 18.0 Å². The van der Waals surface area contributed by atoms with E-state index < -0.39 is 0 Å². The predicted molar refractivity (Wildman–Crippen MR) is 77.0 cm³/mol. The summed E-state index contributed by atoms with van der Waals surface area (Å²) in [5, 5.41) is 17.6. The quantitative estimate of drug-likeness (QED) is 0.822. The SMILES string of the molecule is Cc1oncc1C(=O)NCCC(CCO)c1cccs1. The summed E-state index contributed by atoms with van der Waals surface area (Å²) < 4.78 is 4.87. The van der Waals surface area contributed by atoms with E-state index in [9.17, 15) is 4.79 Å². The van der Waals surface area contributed by atoms with Crippen LogP contribution in [0, 0.1) is 6.92 Å². The van der Waals surface area contributed by atoms with Crippen molar-refractivity contribution in [3.63, 3.8) is 0 Å². The Morgan fingerprint density at radius 3 is 3.00 bits per heavy atom. The van der Waals surface area contributed by atoms with Gasteiger partial charge in [0.2, 0.25) is 0 Å². The minimum atomic E-state index is -0.169. The van der Waals surface area contributed by atoms with Crippen LogP contribution in [-0.4, -0.2) is 29.3 Å². The normalized spacial score (nSPS) is 12.3. The molecule has 1 amide bonds. The fourth-order valence-electron chi connectivity index (χ4n) is 2.08. The molecule has 2 aromatic rings. The number of carbonyl (C=O) groups is 1. The minimum absolute atomic E-state index is 0.154. The Morgan fingerprint density at radius 1 is 1.55 bits per heavy atom. The van der Waals surface area contributed by atoms with Crippen molar-refractivity contribution in [2.45, 2.75) is 25.7 Å². The average molecular weight is 294 g/mol. The molecule has 2 rings (SSSR count). The maximum absolute atomic E-state index is 11.9. The lowest BCUT2D eigenvalue weighted by Gasteiger charge is -2.14. The van der Waals surface area contributed by atoms with Crippen molar-refractivity contribution in [3.05, 3.63) is 39.9 Å². The summed E-state index contributed by atoms with van der Waals surface area (Å²) >= 11 is 1.68. The number of nitrogens with zero attached hydrogens (tertiary/aromatic N) is 1. The van der Waals surface area contributed by atoms with Crippen molar-refractivity contribution >= 4 is 17.2 Å². The van der Waals surface area contributed by atoms with Gasteiger partial charge in [0.05, 0.1) is 6.20 Å². The second-order valence-corrected chi connectivity index (χ2v) is 5.54. The Balaban J connectivity index is 1.85. The maximum Gasteiger partial charge on any atom is 0.256 e. The molecular formula is C14H18N2O3S. The summed E-state index contributed by atoms with van der Waals surface area (Å²) in [5.74, 6) is 0.634. The Hall–Kier alpha value is -1.66. The van der Waals surface area contributed by atoms with Crippen LogP contribution in [0.1, 0.15) is 39.8 Å². The zero-order valence-electron chi connectivity index (χ0n) is 11.3. The van der Waals surface area contributed by atoms with Gasteiger partial charge in [0.15, 0.2) is 0 Å². The highest BCUT2D eigenvalue weighted by molar-refractivity contribution is 7.10. The molecule has 1 unspecified atom stereocenters. The number of hydrogen-bond acceptors (Lipinski definition) is 5. The molecule has 2 N–H and O–H groups in total. The highest BCUT2D eigenvalue weighted by Crippen LogP contribution is 2.26. The number of thiophene rings is 1. The van der Waals surface area contributed by atoms with Crippen LogP contribution < -0.4 is 5.32 Å². The van der Waals surface area contributed by atoms with Gasteiger partial charge in [-0.2, -0.15) is 0 Å². The van der Waals surface area contributed by atoms with Gasteiger partial charge in [-0.3, -0.25) is 4.79 Å². The molecule has 108 valence electrons. The zero-order chi connectivity index (χ0) is 14.4. The molecule has 0 radical (unpaired) electrons. The molecule has 0 saturated heterocycles. The lowest BCUT2D eigenvalue weighted by atomic mass is 10.00. The molecule has 0 aliphatic rings. The largest absolute Gasteiger partial charge is 0.396 e. The van der Waals surface area contributed by atoms with E-state index in [4.69, 9.17) is 9.63 Å². The van der Waals surface area contributed by atoms with Crippen LogP contribution in [0.4, 0.5) is 0 Å². The van der Waals surface area contributed by atoms with E-state index in [1.54, 1.807) is 18.3 Å². The molecule has 0 aliphatic carbocycles. The highest BCUT2D eigenvalue weighted by Gasteiger charge is 2.15. The molecule has 20 heavy (non-hydrogen) atoms. The average Bonchev–Trinajstić information content (AvgIpc) is 3.08. The van der Waals surface area contributed by atoms with E-state index >= 15 is 0 Å². The molecule has 0 aliphatic heterocycles. The predicted octanol–water partition coefficient (Wildman–Crippen LogP) is 2.33. The lowest BCUT2D eigenvalue weighted by molar-refractivity contribution is 0.0950. The van der Waals surface area contributed by atoms with E-state index in [1.807, 2.05) is 11.4 Å². The molecule has 0 fully saturated rings. The standard InChI is InChI=1S/C14H18N2O3S/c1-10-12(9-16-19-10)14(18)15-6-4-11(5-7-17)13-3-2-8-20-13/h2-3,8-9,11,17H,4-7H2,1H3,(H,15,18). The number of hydrogen-bond donors (Lipinski definition) is 2. The molecule has 0 aromatic carbocycles. The second kappa shape index (κ2) is 7.21. The van der Waals surface area contributed by atoms with Gasteiger partial charge in [-0.25, -0.2) is 0 Å². The molecule has 5 nitrogen and oxygen atoms in total. The molecule has 2 aromatic heterocycles. The van der Waals surface area contributed by atoms with Gasteiger partial charge in [-0.15, -0.1) is 11.3 Å². The van der Waals surface area contributed by atoms with E-state index in [1.165, 1.54) is 11.1 Å². The molecule has 6 heteroatoms. The van der Waals surface area contributed by atoms with Crippen molar-refractivity contribution in [2.24, 2.45) is 0 Å². The van der Waals surface area contributed by atoms with E-state index in [2.05, 4.69) is 16.5 Å². The van der Waals surface area contributed by atoms with Crippen LogP contribution in [0.2, 0.25) is 0 Å². The van der Waals surface area contributed by atoms with Crippen LogP contribution >= 0.6 is 11.3 Å². The van der Waals surface area contributed by atoms with Crippen molar-refractivity contribution in [1.82, 2.24) is 10.5 Å². The maximum atomic E-state index is 11.9. The molecule has 1 atom stereocenters. The number of aliphatic hydroxyl groups is 1. The second-order valence-electron chi connectivity index (χ2n) is 4.56. The number of aryl methyl sites for hydroxylation is 1. The topological polar surface area (TPSA) is 75.4 Å². The Morgan fingerprint density at radius 2 is 2.40 bits per heavy atom. The molecule has 2 heterocycles. The van der Waals surface area contributed by atoms with Gasteiger partial charge in [0.1, 0.15) is 11.3 Å². The summed E-state index contributed by atoms with van der Waals surface area (Å²) in [5.41, 5.74) is 0.472. The van der Waals surface area contributed by atoms with Crippen molar-refractivity contribution < 1.29 is 14.4 Å². The van der Waals surface area contributed by atoms with Crippen molar-refractivity contribution in [2.75, 3.05) is 13.2 Å². The molecule has 0 bridgehead atoms. The van der Waals surface area contributed by atoms with Crippen LogP contribution in [0.5, 0.6) is 0 Å². The number of aromatic nitrogens is 1. The number of nitrogens with one attached hydrogen (secondary N) is 1. The van der Waals surface area contributed by atoms with Gasteiger partial charge >= 0.3 is 0 Å². The first-order valence-corrected chi connectivity index (χ1v) is 7.44. The summed E-state index contributed by atoms with van der Waals surface area (Å²) in [6, 6.07) is 4.07. The van der Waals surface area contributed by atoms with E-state index in [0.29, 0.717) is 24.3 Å². The van der Waals surface area contributed by atoms with E-state index in [0.717, 1.165) is 6.42 Å². The zero-order valence-corrected chi connectivity index (χ0v) is 12.2. The molecule has 0 spiro atoms. The summed E-state index contributed by atoms with van der Waals surface area (Å²) in [6.07, 6.45) is 2.94. The summed E-state index contributed by atoms with van der Waals surface area (Å²) in [6.45, 7) is 2.43. The van der Waals surface area contributed by atoms with Gasteiger partial charge < -0.3 is 14.9 Å². The summed E-state index contributed by atoms with van der Waals surface area (Å²) in [7, 11) is 0. The number of amides is 1. The minimum Gasteiger partial charge on any atom is -0.396 e. The molecule has 0 saturated carbocycles. The van der Waals surface area contributed by atoms with Crippen LogP contribution in [0.15, 0.2) is 28.2 Å². The number of carbonyl (C=O) groups excluding carboxylic acids is 1. The third-order valence-corrected chi connectivity index (χ3v) is 4.23. The third kappa shape index (κ3) is 3.68. The fourth-order valence-corrected chi connectivity index (χ4v) is 2.98. The smallest absolute Gasteiger partial charge is 0.256 e. The van der Waals surface area contributed by atoms with Crippen LogP contribution in [0.3, 0.4) is 0 Å². The van der Waals surface area contributed by atoms with E-state index in [-0.39, 0.29) is 18.4 Å². The van der Waals surface area contributed by atoms with Gasteiger partial charge in [0.25, 0.3) is 5.91 Å². The molecular weight excluding hydrogens is 276 g/mol. The van der Waals surface area contributed by atoms with Crippen LogP contribution in [0.25, 0.3) is 0 Å². The Labute approximate surface area is 121 Å². The first-order valence-electron chi connectivity index (χ1n) is 6.56. The van der Waals surface area contributed by atoms with Crippen molar-refractivity contribution in [3.8, 4) is 0 Å². The van der Waals surface area contributed by atoms with Crippen molar-refractivity contribution in [1.29, 1.82) is 0 Å². The van der Waals surface area contributed by atoms with Gasteiger partial charge in [-0.1, -0.05) is 11.2 Å². The number of rotatable bonds is 7. The first-order chi connectivity index (χ1) is 9.72. The Kier molecular flexibility index (Phi) is 5.31. The lowest BCUT2D eigenvalue weighted by Crippen LogP contribution is -2.25. The fraction of sp³-hybridized carbons (Fsp3) is 0.429. The number of aliphatic hydroxyl groups excluding tert-OH is 1. The monoisotopic (exact) mass is 294 g/mol. The third-order valence-electron chi connectivity index (χ3n) is 3.20.